The Labute approximate surface area is 82.1 Å². The molecule has 1 aromatic carbocycles. The molecule has 0 aromatic heterocycles. The fourth-order valence-corrected chi connectivity index (χ4v) is 1.41. The van der Waals surface area contributed by atoms with E-state index in [9.17, 15) is 9.59 Å². The van der Waals surface area contributed by atoms with Crippen LogP contribution in [0.4, 0.5) is 5.69 Å². The second-order valence-electron chi connectivity index (χ2n) is 3.48. The summed E-state index contributed by atoms with van der Waals surface area (Å²) < 4.78 is 0. The fourth-order valence-electron chi connectivity index (χ4n) is 1.41. The van der Waals surface area contributed by atoms with Gasteiger partial charge in [-0.2, -0.15) is 0 Å². The monoisotopic (exact) mass is 189 g/mol. The van der Waals surface area contributed by atoms with Crippen molar-refractivity contribution in [1.29, 1.82) is 0 Å². The number of Topliss-reactive ketones (excluding diaryl/α,β-unsaturated/α-hetero) is 1. The highest BCUT2D eigenvalue weighted by Crippen LogP contribution is 2.32. The Bertz CT molecular complexity index is 369. The van der Waals surface area contributed by atoms with Crippen LogP contribution in [0.5, 0.6) is 0 Å². The van der Waals surface area contributed by atoms with Gasteiger partial charge >= 0.3 is 0 Å². The summed E-state index contributed by atoms with van der Waals surface area (Å²) >= 11 is 0. The molecular weight excluding hydrogens is 178 g/mol. The summed E-state index contributed by atoms with van der Waals surface area (Å²) in [6.07, 6.45) is 2.62. The van der Waals surface area contributed by atoms with Crippen LogP contribution in [-0.2, 0) is 4.79 Å². The zero-order valence-electron chi connectivity index (χ0n) is 7.69. The predicted octanol–water partition coefficient (Wildman–Crippen LogP) is 1.85. The molecule has 0 bridgehead atoms. The molecule has 1 amide bonds. The van der Waals surface area contributed by atoms with E-state index in [1.807, 2.05) is 0 Å². The van der Waals surface area contributed by atoms with E-state index in [0.717, 1.165) is 12.8 Å². The summed E-state index contributed by atoms with van der Waals surface area (Å²) in [5, 5.41) is 2.53. The standard InChI is InChI=1S/C11H11NO2/c13-7-12-10-3-1-2-9(6-10)11(14)8-4-5-8/h1-3,6-8H,4-5H2,(H,12,13). The lowest BCUT2D eigenvalue weighted by molar-refractivity contribution is -0.105. The van der Waals surface area contributed by atoms with Gasteiger partial charge in [0, 0.05) is 17.2 Å². The number of hydrogen-bond donors (Lipinski definition) is 1. The lowest BCUT2D eigenvalue weighted by Gasteiger charge is -2.01. The second kappa shape index (κ2) is 3.62. The summed E-state index contributed by atoms with van der Waals surface area (Å²) in [4.78, 5) is 21.9. The van der Waals surface area contributed by atoms with Crippen molar-refractivity contribution >= 4 is 17.9 Å². The van der Waals surface area contributed by atoms with E-state index in [2.05, 4.69) is 5.32 Å². The number of anilines is 1. The highest BCUT2D eigenvalue weighted by molar-refractivity contribution is 6.00. The van der Waals surface area contributed by atoms with E-state index in [4.69, 9.17) is 0 Å². The number of carbonyl (C=O) groups is 2. The van der Waals surface area contributed by atoms with Crippen LogP contribution < -0.4 is 5.32 Å². The Morgan fingerprint density at radius 2 is 2.21 bits per heavy atom. The lowest BCUT2D eigenvalue weighted by atomic mass is 10.1. The maximum Gasteiger partial charge on any atom is 0.211 e. The number of ketones is 1. The van der Waals surface area contributed by atoms with Crippen molar-refractivity contribution < 1.29 is 9.59 Å². The summed E-state index contributed by atoms with van der Waals surface area (Å²) in [7, 11) is 0. The van der Waals surface area contributed by atoms with Gasteiger partial charge in [0.2, 0.25) is 6.41 Å². The van der Waals surface area contributed by atoms with Crippen LogP contribution in [0.15, 0.2) is 24.3 Å². The SMILES string of the molecule is O=CNc1cccc(C(=O)C2CC2)c1. The van der Waals surface area contributed by atoms with Gasteiger partial charge in [-0.25, -0.2) is 0 Å². The molecule has 0 unspecified atom stereocenters. The number of amides is 1. The van der Waals surface area contributed by atoms with Crippen molar-refractivity contribution in [2.24, 2.45) is 5.92 Å². The molecule has 1 N–H and O–H groups in total. The van der Waals surface area contributed by atoms with E-state index in [0.29, 0.717) is 17.7 Å². The molecule has 72 valence electrons. The third kappa shape index (κ3) is 1.82. The third-order valence-corrected chi connectivity index (χ3v) is 2.32. The maximum atomic E-state index is 11.6. The highest BCUT2D eigenvalue weighted by atomic mass is 16.1. The van der Waals surface area contributed by atoms with E-state index in [1.165, 1.54) is 0 Å². The Hall–Kier alpha value is -1.64. The number of carbonyl (C=O) groups excluding carboxylic acids is 2. The van der Waals surface area contributed by atoms with Gasteiger partial charge in [0.15, 0.2) is 5.78 Å². The molecule has 1 saturated carbocycles. The second-order valence-corrected chi connectivity index (χ2v) is 3.48. The molecule has 1 aliphatic carbocycles. The number of nitrogens with one attached hydrogen (secondary N) is 1. The Kier molecular flexibility index (Phi) is 2.31. The summed E-state index contributed by atoms with van der Waals surface area (Å²) in [6.45, 7) is 0. The van der Waals surface area contributed by atoms with Gasteiger partial charge in [-0.1, -0.05) is 12.1 Å². The molecule has 0 heterocycles. The number of hydrogen-bond acceptors (Lipinski definition) is 2. The van der Waals surface area contributed by atoms with Gasteiger partial charge in [-0.15, -0.1) is 0 Å². The van der Waals surface area contributed by atoms with Gasteiger partial charge in [0.05, 0.1) is 0 Å². The largest absolute Gasteiger partial charge is 0.329 e. The lowest BCUT2D eigenvalue weighted by Crippen LogP contribution is -2.02. The van der Waals surface area contributed by atoms with Gasteiger partial charge in [-0.05, 0) is 25.0 Å². The van der Waals surface area contributed by atoms with Gasteiger partial charge in [-0.3, -0.25) is 9.59 Å². The third-order valence-electron chi connectivity index (χ3n) is 2.32. The Morgan fingerprint density at radius 3 is 2.86 bits per heavy atom. The number of benzene rings is 1. The van der Waals surface area contributed by atoms with Crippen molar-refractivity contribution in [2.75, 3.05) is 5.32 Å². The average Bonchev–Trinajstić information content (AvgIpc) is 3.01. The molecule has 3 nitrogen and oxygen atoms in total. The van der Waals surface area contributed by atoms with Crippen LogP contribution >= 0.6 is 0 Å². The minimum absolute atomic E-state index is 0.194. The van der Waals surface area contributed by atoms with Gasteiger partial charge in [0.25, 0.3) is 0 Å². The van der Waals surface area contributed by atoms with Crippen LogP contribution in [0.1, 0.15) is 23.2 Å². The molecule has 1 aromatic rings. The van der Waals surface area contributed by atoms with Crippen molar-refractivity contribution in [2.45, 2.75) is 12.8 Å². The van der Waals surface area contributed by atoms with Gasteiger partial charge < -0.3 is 5.32 Å². The van der Waals surface area contributed by atoms with Crippen molar-refractivity contribution in [3.63, 3.8) is 0 Å². The van der Waals surface area contributed by atoms with Crippen LogP contribution in [0.2, 0.25) is 0 Å². The van der Waals surface area contributed by atoms with Crippen LogP contribution in [0.25, 0.3) is 0 Å². The van der Waals surface area contributed by atoms with Crippen molar-refractivity contribution in [3.8, 4) is 0 Å². The molecule has 1 fully saturated rings. The molecule has 14 heavy (non-hydrogen) atoms. The highest BCUT2D eigenvalue weighted by Gasteiger charge is 2.30. The first-order valence-corrected chi connectivity index (χ1v) is 4.66. The quantitative estimate of drug-likeness (QED) is 0.580. The average molecular weight is 189 g/mol. The molecule has 0 atom stereocenters. The van der Waals surface area contributed by atoms with Crippen LogP contribution in [0, 0.1) is 5.92 Å². The summed E-state index contributed by atoms with van der Waals surface area (Å²) in [5.74, 6) is 0.418. The van der Waals surface area contributed by atoms with Gasteiger partial charge in [0.1, 0.15) is 0 Å². The Balaban J connectivity index is 2.20. The normalized spacial score (nSPS) is 14.9. The first-order chi connectivity index (χ1) is 6.81. The van der Waals surface area contributed by atoms with Crippen LogP contribution in [0.3, 0.4) is 0 Å². The number of rotatable bonds is 4. The molecule has 0 radical (unpaired) electrons. The van der Waals surface area contributed by atoms with E-state index in [-0.39, 0.29) is 11.7 Å². The molecular formula is C11H11NO2. The fraction of sp³-hybridized carbons (Fsp3) is 0.273. The van der Waals surface area contributed by atoms with Crippen molar-refractivity contribution in [1.82, 2.24) is 0 Å². The zero-order chi connectivity index (χ0) is 9.97. The molecule has 0 saturated heterocycles. The smallest absolute Gasteiger partial charge is 0.211 e. The van der Waals surface area contributed by atoms with E-state index >= 15 is 0 Å². The minimum atomic E-state index is 0.194. The molecule has 0 spiro atoms. The molecule has 0 aliphatic heterocycles. The molecule has 2 rings (SSSR count). The predicted molar refractivity (Wildman–Crippen MR) is 53.2 cm³/mol. The van der Waals surface area contributed by atoms with E-state index in [1.54, 1.807) is 24.3 Å². The molecule has 1 aliphatic rings. The first-order valence-electron chi connectivity index (χ1n) is 4.66. The van der Waals surface area contributed by atoms with Crippen LogP contribution in [-0.4, -0.2) is 12.2 Å². The Morgan fingerprint density at radius 1 is 1.43 bits per heavy atom. The summed E-state index contributed by atoms with van der Waals surface area (Å²) in [6, 6.07) is 7.05. The van der Waals surface area contributed by atoms with Crippen molar-refractivity contribution in [3.05, 3.63) is 29.8 Å². The van der Waals surface area contributed by atoms with E-state index < -0.39 is 0 Å². The maximum absolute atomic E-state index is 11.6. The summed E-state index contributed by atoms with van der Waals surface area (Å²) in [5.41, 5.74) is 1.37. The molecule has 3 heteroatoms. The first kappa shape index (κ1) is 8.94. The topological polar surface area (TPSA) is 46.2 Å². The minimum Gasteiger partial charge on any atom is -0.329 e. The zero-order valence-corrected chi connectivity index (χ0v) is 7.69.